The quantitative estimate of drug-likeness (QED) is 0.637. The summed E-state index contributed by atoms with van der Waals surface area (Å²) in [5.41, 5.74) is 2.62. The predicted octanol–water partition coefficient (Wildman–Crippen LogP) is 4.44. The number of amidine groups is 1. The minimum absolute atomic E-state index is 0.0431. The van der Waals surface area contributed by atoms with Gasteiger partial charge in [0.1, 0.15) is 5.84 Å². The third kappa shape index (κ3) is 5.07. The van der Waals surface area contributed by atoms with Crippen LogP contribution in [0.3, 0.4) is 0 Å². The molecule has 1 saturated carbocycles. The summed E-state index contributed by atoms with van der Waals surface area (Å²) in [6.07, 6.45) is 5.93. The van der Waals surface area contributed by atoms with Crippen molar-refractivity contribution in [1.82, 2.24) is 10.0 Å². The first-order valence-corrected chi connectivity index (χ1v) is 14.0. The first-order chi connectivity index (χ1) is 16.4. The Kier molecular flexibility index (Phi) is 6.78. The maximum atomic E-state index is 12.9. The fraction of sp³-hybridized carbons (Fsp3) is 0.462. The lowest BCUT2D eigenvalue weighted by atomic mass is 9.79. The van der Waals surface area contributed by atoms with Crippen LogP contribution >= 0.6 is 11.6 Å². The van der Waals surface area contributed by atoms with Gasteiger partial charge in [-0.2, -0.15) is 0 Å². The molecule has 8 heteroatoms. The van der Waals surface area contributed by atoms with Gasteiger partial charge in [-0.05, 0) is 79.8 Å². The number of benzene rings is 2. The molecule has 0 spiro atoms. The number of nitrogens with zero attached hydrogens (tertiary/aromatic N) is 1. The molecule has 1 amide bonds. The molecule has 1 heterocycles. The van der Waals surface area contributed by atoms with Crippen molar-refractivity contribution < 1.29 is 13.2 Å². The number of nitrogens with one attached hydrogen (secondary N) is 2. The van der Waals surface area contributed by atoms with Crippen molar-refractivity contribution in [3.8, 4) is 0 Å². The van der Waals surface area contributed by atoms with E-state index in [9.17, 15) is 13.2 Å². The molecule has 5 rings (SSSR count). The second-order valence-corrected chi connectivity index (χ2v) is 11.9. The Balaban J connectivity index is 1.11. The lowest BCUT2D eigenvalue weighted by molar-refractivity contribution is -0.124. The van der Waals surface area contributed by atoms with Gasteiger partial charge in [0.15, 0.2) is 0 Å². The molecular formula is C26H30ClN3O3S. The summed E-state index contributed by atoms with van der Waals surface area (Å²) >= 11 is 6.16. The summed E-state index contributed by atoms with van der Waals surface area (Å²) < 4.78 is 27.6. The fourth-order valence-electron chi connectivity index (χ4n) is 5.59. The highest BCUT2D eigenvalue weighted by atomic mass is 35.5. The number of carbonyl (C=O) groups is 1. The van der Waals surface area contributed by atoms with E-state index in [1.165, 1.54) is 11.1 Å². The maximum Gasteiger partial charge on any atom is 0.240 e. The SMILES string of the molecule is O=C(NC1=N[C@@H]2CCc3cc(Cl)ccc3[C@@H]2C1)[C@H]1CC[C@H](CNS(=O)(=O)c2ccccc2)CC1. The third-order valence-corrected chi connectivity index (χ3v) is 9.19. The second kappa shape index (κ2) is 9.80. The Morgan fingerprint density at radius 1 is 1.03 bits per heavy atom. The number of hydrogen-bond donors (Lipinski definition) is 2. The Hall–Kier alpha value is -2.22. The zero-order valence-corrected chi connectivity index (χ0v) is 20.6. The lowest BCUT2D eigenvalue weighted by Gasteiger charge is -2.28. The molecule has 0 aromatic heterocycles. The first kappa shape index (κ1) is 23.5. The topological polar surface area (TPSA) is 87.6 Å². The number of fused-ring (bicyclic) bond motifs is 3. The Morgan fingerprint density at radius 2 is 1.79 bits per heavy atom. The van der Waals surface area contributed by atoms with Crippen LogP contribution in [0.1, 0.15) is 55.6 Å². The molecular weight excluding hydrogens is 470 g/mol. The van der Waals surface area contributed by atoms with E-state index in [0.29, 0.717) is 12.5 Å². The number of carbonyl (C=O) groups excluding carboxylic acids is 1. The predicted molar refractivity (Wildman–Crippen MR) is 134 cm³/mol. The number of sulfonamides is 1. The third-order valence-electron chi connectivity index (χ3n) is 7.51. The summed E-state index contributed by atoms with van der Waals surface area (Å²) in [6, 6.07) is 14.8. The van der Waals surface area contributed by atoms with Gasteiger partial charge in [0.2, 0.25) is 15.9 Å². The number of aryl methyl sites for hydroxylation is 1. The molecule has 0 unspecified atom stereocenters. The van der Waals surface area contributed by atoms with Crippen molar-refractivity contribution in [2.24, 2.45) is 16.8 Å². The summed E-state index contributed by atoms with van der Waals surface area (Å²) in [4.78, 5) is 18.1. The van der Waals surface area contributed by atoms with E-state index < -0.39 is 10.0 Å². The van der Waals surface area contributed by atoms with Crippen molar-refractivity contribution in [2.45, 2.75) is 61.8 Å². The second-order valence-electron chi connectivity index (χ2n) is 9.71. The molecule has 2 N–H and O–H groups in total. The average Bonchev–Trinajstić information content (AvgIpc) is 3.26. The van der Waals surface area contributed by atoms with Crippen LogP contribution < -0.4 is 10.0 Å². The minimum Gasteiger partial charge on any atom is -0.314 e. The Morgan fingerprint density at radius 3 is 2.56 bits per heavy atom. The van der Waals surface area contributed by atoms with E-state index in [0.717, 1.165) is 55.8 Å². The van der Waals surface area contributed by atoms with Crippen molar-refractivity contribution in [3.05, 3.63) is 64.7 Å². The molecule has 34 heavy (non-hydrogen) atoms. The van der Waals surface area contributed by atoms with Crippen LogP contribution in [0.2, 0.25) is 5.02 Å². The van der Waals surface area contributed by atoms with Crippen LogP contribution in [0.15, 0.2) is 58.4 Å². The van der Waals surface area contributed by atoms with Crippen LogP contribution in [0.25, 0.3) is 0 Å². The fourth-order valence-corrected chi connectivity index (χ4v) is 6.92. The van der Waals surface area contributed by atoms with Crippen LogP contribution in [-0.2, 0) is 21.2 Å². The van der Waals surface area contributed by atoms with E-state index in [2.05, 4.69) is 22.2 Å². The molecule has 1 aliphatic heterocycles. The van der Waals surface area contributed by atoms with Gasteiger partial charge >= 0.3 is 0 Å². The largest absolute Gasteiger partial charge is 0.314 e. The molecule has 2 aromatic rings. The monoisotopic (exact) mass is 499 g/mol. The minimum atomic E-state index is -3.49. The summed E-state index contributed by atoms with van der Waals surface area (Å²) in [6.45, 7) is 0.408. The van der Waals surface area contributed by atoms with Gasteiger partial charge < -0.3 is 5.32 Å². The number of rotatable bonds is 5. The van der Waals surface area contributed by atoms with Gasteiger partial charge in [-0.25, -0.2) is 13.1 Å². The summed E-state index contributed by atoms with van der Waals surface area (Å²) in [7, 11) is -3.49. The molecule has 2 atom stereocenters. The molecule has 0 bridgehead atoms. The van der Waals surface area contributed by atoms with E-state index in [1.807, 2.05) is 6.07 Å². The molecule has 2 aromatic carbocycles. The van der Waals surface area contributed by atoms with Crippen LogP contribution in [-0.4, -0.2) is 32.7 Å². The molecule has 3 aliphatic rings. The smallest absolute Gasteiger partial charge is 0.240 e. The number of halogens is 1. The maximum absolute atomic E-state index is 12.9. The lowest BCUT2D eigenvalue weighted by Crippen LogP contribution is -2.38. The highest BCUT2D eigenvalue weighted by Gasteiger charge is 2.36. The molecule has 6 nitrogen and oxygen atoms in total. The number of hydrogen-bond acceptors (Lipinski definition) is 4. The van der Waals surface area contributed by atoms with Gasteiger partial charge in [-0.3, -0.25) is 9.79 Å². The highest BCUT2D eigenvalue weighted by molar-refractivity contribution is 7.89. The molecule has 0 radical (unpaired) electrons. The zero-order chi connectivity index (χ0) is 23.7. The highest BCUT2D eigenvalue weighted by Crippen LogP contribution is 2.40. The van der Waals surface area contributed by atoms with Crippen LogP contribution in [0.4, 0.5) is 0 Å². The molecule has 2 aliphatic carbocycles. The van der Waals surface area contributed by atoms with Crippen molar-refractivity contribution in [2.75, 3.05) is 6.54 Å². The Labute approximate surface area is 206 Å². The van der Waals surface area contributed by atoms with E-state index in [-0.39, 0.29) is 28.7 Å². The van der Waals surface area contributed by atoms with Crippen molar-refractivity contribution in [1.29, 1.82) is 0 Å². The summed E-state index contributed by atoms with van der Waals surface area (Å²) in [5, 5.41) is 3.88. The van der Waals surface area contributed by atoms with Crippen LogP contribution in [0, 0.1) is 11.8 Å². The average molecular weight is 500 g/mol. The normalized spacial score (nSPS) is 26.3. The number of amides is 1. The van der Waals surface area contributed by atoms with E-state index >= 15 is 0 Å². The Bertz CT molecular complexity index is 1190. The van der Waals surface area contributed by atoms with Crippen molar-refractivity contribution in [3.63, 3.8) is 0 Å². The van der Waals surface area contributed by atoms with Gasteiger partial charge in [-0.15, -0.1) is 0 Å². The van der Waals surface area contributed by atoms with Gasteiger partial charge in [0, 0.05) is 29.8 Å². The van der Waals surface area contributed by atoms with E-state index in [4.69, 9.17) is 16.6 Å². The van der Waals surface area contributed by atoms with Crippen LogP contribution in [0.5, 0.6) is 0 Å². The van der Waals surface area contributed by atoms with Gasteiger partial charge in [0.25, 0.3) is 0 Å². The van der Waals surface area contributed by atoms with Gasteiger partial charge in [0.05, 0.1) is 10.9 Å². The zero-order valence-electron chi connectivity index (χ0n) is 19.0. The molecule has 0 saturated heterocycles. The van der Waals surface area contributed by atoms with Crippen molar-refractivity contribution >= 4 is 33.4 Å². The number of aliphatic imine (C=N–C) groups is 1. The standard InChI is InChI=1S/C26H30ClN3O3S/c27-20-11-12-22-19(14-20)10-13-24-23(22)15-25(29-24)30-26(31)18-8-6-17(7-9-18)16-28-34(32,33)21-4-2-1-3-5-21/h1-5,11-12,14,17-18,23-24,28H,6-10,13,15-16H2,(H,29,30,31)/t17-,18-,23-,24+/m0/s1. The summed E-state index contributed by atoms with van der Waals surface area (Å²) in [5.74, 6) is 1.39. The first-order valence-electron chi connectivity index (χ1n) is 12.1. The molecule has 1 fully saturated rings. The molecule has 180 valence electrons. The van der Waals surface area contributed by atoms with Gasteiger partial charge in [-0.1, -0.05) is 35.9 Å². The van der Waals surface area contributed by atoms with E-state index in [1.54, 1.807) is 30.3 Å².